The Morgan fingerprint density at radius 2 is 1.06 bits per heavy atom. The van der Waals surface area contributed by atoms with Gasteiger partial charge in [-0.05, 0) is 72.8 Å². The average molecular weight is 505 g/mol. The minimum absolute atomic E-state index is 0. The van der Waals surface area contributed by atoms with Crippen molar-refractivity contribution in [2.75, 3.05) is 0 Å². The van der Waals surface area contributed by atoms with Crippen molar-refractivity contribution < 1.29 is 16.8 Å². The van der Waals surface area contributed by atoms with E-state index >= 15 is 0 Å². The number of hydrogen-bond acceptors (Lipinski definition) is 4. The maximum absolute atomic E-state index is 4.62. The molecule has 4 aromatic rings. The largest absolute Gasteiger partial charge is 0.355 e. The van der Waals surface area contributed by atoms with Gasteiger partial charge in [0.05, 0.1) is 28.5 Å². The molecule has 177 valence electrons. The first kappa shape index (κ1) is 24.3. The number of hydrogen-bond donors (Lipinski definition) is 2. The van der Waals surface area contributed by atoms with Gasteiger partial charge in [-0.15, -0.1) is 0 Å². The summed E-state index contributed by atoms with van der Waals surface area (Å²) >= 11 is 0. The van der Waals surface area contributed by atoms with Crippen LogP contribution in [0.3, 0.4) is 0 Å². The third kappa shape index (κ3) is 6.20. The van der Waals surface area contributed by atoms with Gasteiger partial charge in [-0.2, -0.15) is 0 Å². The Balaban J connectivity index is 0.000000224. The van der Waals surface area contributed by atoms with Crippen molar-refractivity contribution in [1.82, 2.24) is 29.9 Å². The molecule has 0 aliphatic carbocycles. The minimum Gasteiger partial charge on any atom is -0.355 e. The summed E-state index contributed by atoms with van der Waals surface area (Å²) < 4.78 is 0. The molecule has 0 saturated heterocycles. The van der Waals surface area contributed by atoms with E-state index in [0.29, 0.717) is 0 Å². The summed E-state index contributed by atoms with van der Waals surface area (Å²) in [5.74, 6) is 0. The average Bonchev–Trinajstić information content (AvgIpc) is 3.60. The Morgan fingerprint density at radius 3 is 1.46 bits per heavy atom. The van der Waals surface area contributed by atoms with Crippen LogP contribution in [0.5, 0.6) is 0 Å². The molecule has 8 bridgehead atoms. The Kier molecular flexibility index (Phi) is 7.09. The molecule has 0 aromatic carbocycles. The zero-order valence-corrected chi connectivity index (χ0v) is 20.8. The van der Waals surface area contributed by atoms with Gasteiger partial charge in [0.2, 0.25) is 0 Å². The predicted octanol–water partition coefficient (Wildman–Crippen LogP) is 6.43. The smallest absolute Gasteiger partial charge is 0.0659 e. The molecule has 0 atom stereocenters. The molecule has 2 aliphatic heterocycles. The first-order valence-corrected chi connectivity index (χ1v) is 11.2. The van der Waals surface area contributed by atoms with Crippen molar-refractivity contribution in [3.63, 3.8) is 0 Å². The van der Waals surface area contributed by atoms with Crippen molar-refractivity contribution >= 4 is 46.4 Å². The fraction of sp³-hybridized carbons (Fsp3) is 0.143. The second kappa shape index (κ2) is 10.2. The molecule has 7 heteroatoms. The fourth-order valence-corrected chi connectivity index (χ4v) is 3.63. The Bertz CT molecular complexity index is 1450. The molecule has 0 saturated carbocycles. The van der Waals surface area contributed by atoms with Crippen LogP contribution < -0.4 is 0 Å². The predicted molar refractivity (Wildman–Crippen MR) is 140 cm³/mol. The molecule has 6 nitrogen and oxygen atoms in total. The van der Waals surface area contributed by atoms with Gasteiger partial charge in [0.15, 0.2) is 0 Å². The van der Waals surface area contributed by atoms with Crippen LogP contribution in [0.2, 0.25) is 0 Å². The van der Waals surface area contributed by atoms with Crippen LogP contribution in [-0.4, -0.2) is 29.9 Å². The van der Waals surface area contributed by atoms with Crippen LogP contribution in [0.4, 0.5) is 0 Å². The van der Waals surface area contributed by atoms with Gasteiger partial charge in [-0.1, -0.05) is 20.8 Å². The molecular weight excluding hydrogens is 479 g/mol. The van der Waals surface area contributed by atoms with E-state index in [-0.39, 0.29) is 22.2 Å². The molecule has 2 N–H and O–H groups in total. The topological polar surface area (TPSA) is 83.1 Å². The summed E-state index contributed by atoms with van der Waals surface area (Å²) in [4.78, 5) is 24.2. The Morgan fingerprint density at radius 1 is 0.600 bits per heavy atom. The standard InChI is InChI=1S/C20H14N4.C8H12N2.Co/c1-2-14-10-16-5-6-18(23-16)12-20-8-7-19(24-20)11-17-4-3-15(22-17)9-13(1)21-14;1-8(2,3)7-6-9-4-5-10-7;/h1-12,21-22H;4-6H,1-3H3;. The number of nitrogens with zero attached hydrogens (tertiary/aromatic N) is 4. The normalized spacial score (nSPS) is 12.0. The summed E-state index contributed by atoms with van der Waals surface area (Å²) in [6, 6.07) is 16.4. The molecule has 35 heavy (non-hydrogen) atoms. The van der Waals surface area contributed by atoms with Gasteiger partial charge in [0.1, 0.15) is 0 Å². The van der Waals surface area contributed by atoms with E-state index in [1.54, 1.807) is 18.6 Å². The molecule has 1 radical (unpaired) electrons. The molecule has 6 rings (SSSR count). The van der Waals surface area contributed by atoms with Gasteiger partial charge in [0, 0.05) is 62.9 Å². The van der Waals surface area contributed by atoms with E-state index < -0.39 is 0 Å². The molecule has 0 fully saturated rings. The molecule has 6 heterocycles. The zero-order valence-electron chi connectivity index (χ0n) is 19.8. The monoisotopic (exact) mass is 505 g/mol. The Labute approximate surface area is 214 Å². The van der Waals surface area contributed by atoms with Crippen LogP contribution in [-0.2, 0) is 22.2 Å². The van der Waals surface area contributed by atoms with Crippen molar-refractivity contribution in [2.45, 2.75) is 26.2 Å². The number of aromatic amines is 2. The number of fused-ring (bicyclic) bond motifs is 8. The summed E-state index contributed by atoms with van der Waals surface area (Å²) in [5, 5.41) is 0. The van der Waals surface area contributed by atoms with Crippen LogP contribution >= 0.6 is 0 Å². The Hall–Kier alpha value is -3.81. The van der Waals surface area contributed by atoms with Crippen molar-refractivity contribution in [2.24, 2.45) is 0 Å². The number of rotatable bonds is 0. The van der Waals surface area contributed by atoms with Gasteiger partial charge in [0.25, 0.3) is 0 Å². The maximum Gasteiger partial charge on any atom is 0.0659 e. The van der Waals surface area contributed by atoms with E-state index in [9.17, 15) is 0 Å². The van der Waals surface area contributed by atoms with E-state index in [1.165, 1.54) is 0 Å². The first-order valence-electron chi connectivity index (χ1n) is 11.2. The summed E-state index contributed by atoms with van der Waals surface area (Å²) in [5.41, 5.74) is 9.02. The number of nitrogens with one attached hydrogen (secondary N) is 2. The quantitative estimate of drug-likeness (QED) is 0.249. The second-order valence-electron chi connectivity index (χ2n) is 9.25. The van der Waals surface area contributed by atoms with Crippen LogP contribution in [0, 0.1) is 0 Å². The van der Waals surface area contributed by atoms with Gasteiger partial charge in [-0.3, -0.25) is 9.97 Å². The van der Waals surface area contributed by atoms with E-state index in [1.807, 2.05) is 42.5 Å². The third-order valence-corrected chi connectivity index (χ3v) is 5.37. The van der Waals surface area contributed by atoms with Crippen molar-refractivity contribution in [3.8, 4) is 0 Å². The van der Waals surface area contributed by atoms with Crippen LogP contribution in [0.1, 0.15) is 49.2 Å². The van der Waals surface area contributed by atoms with E-state index in [2.05, 4.69) is 81.0 Å². The van der Waals surface area contributed by atoms with Crippen molar-refractivity contribution in [1.29, 1.82) is 0 Å². The van der Waals surface area contributed by atoms with Crippen LogP contribution in [0.25, 0.3) is 46.4 Å². The maximum atomic E-state index is 4.62. The van der Waals surface area contributed by atoms with E-state index in [4.69, 9.17) is 0 Å². The minimum atomic E-state index is 0. The third-order valence-electron chi connectivity index (χ3n) is 5.37. The second-order valence-corrected chi connectivity index (χ2v) is 9.25. The SMILES string of the molecule is C1=Cc2cc3ccc(cc4ccc(cc5nc(cc1n2)C=C5)[nH]4)[nH]3.CC(C)(C)c1cnccn1.[Co]. The number of H-pyrrole nitrogens is 2. The van der Waals surface area contributed by atoms with Crippen molar-refractivity contribution in [3.05, 3.63) is 95.6 Å². The summed E-state index contributed by atoms with van der Waals surface area (Å²) in [6.45, 7) is 6.37. The van der Waals surface area contributed by atoms with Gasteiger partial charge in [-0.25, -0.2) is 9.97 Å². The van der Waals surface area contributed by atoms with Gasteiger partial charge < -0.3 is 9.97 Å². The van der Waals surface area contributed by atoms with E-state index in [0.717, 1.165) is 50.5 Å². The summed E-state index contributed by atoms with van der Waals surface area (Å²) in [7, 11) is 0. The molecule has 0 amide bonds. The zero-order chi connectivity index (χ0) is 23.5. The van der Waals surface area contributed by atoms with Gasteiger partial charge >= 0.3 is 0 Å². The molecule has 2 aliphatic rings. The van der Waals surface area contributed by atoms with Crippen LogP contribution in [0.15, 0.2) is 67.1 Å². The molecule has 0 unspecified atom stereocenters. The fourth-order valence-electron chi connectivity index (χ4n) is 3.63. The summed E-state index contributed by atoms with van der Waals surface area (Å²) in [6.07, 6.45) is 13.3. The first-order chi connectivity index (χ1) is 16.4. The molecule has 4 aromatic heterocycles. The molecular formula is C28H26CoN6. The number of aromatic nitrogens is 6. The molecule has 0 spiro atoms.